The third-order valence-electron chi connectivity index (χ3n) is 7.31. The second-order valence-electron chi connectivity index (χ2n) is 11.3. The molecule has 0 saturated carbocycles. The van der Waals surface area contributed by atoms with Gasteiger partial charge in [-0.25, -0.2) is 0 Å². The van der Waals surface area contributed by atoms with Gasteiger partial charge in [-0.3, -0.25) is 0 Å². The molecule has 1 unspecified atom stereocenters. The largest absolute Gasteiger partial charge is 0.679 e. The van der Waals surface area contributed by atoms with E-state index in [1.54, 1.807) is 12.1 Å². The van der Waals surface area contributed by atoms with Crippen molar-refractivity contribution in [1.82, 2.24) is 0 Å². The Kier molecular flexibility index (Phi) is 9.44. The predicted octanol–water partition coefficient (Wildman–Crippen LogP) is 9.11. The van der Waals surface area contributed by atoms with Crippen LogP contribution in [0.25, 0.3) is 32.2 Å². The summed E-state index contributed by atoms with van der Waals surface area (Å²) in [7, 11) is 0. The van der Waals surface area contributed by atoms with Gasteiger partial charge in [0.2, 0.25) is 0 Å². The SMILES string of the molecule is CC1(C)CCc2c(ccc3c(O)cccc23)[N-]1.CC1CC(C)(C)[N-]c2ccc3c(O)cccc3c21.[Y].[Y]. The molecule has 1 atom stereocenters. The van der Waals surface area contributed by atoms with Crippen molar-refractivity contribution in [2.45, 2.75) is 70.9 Å². The number of hydrogen-bond donors (Lipinski definition) is 2. The smallest absolute Gasteiger partial charge is 0.123 e. The molecule has 0 amide bonds. The summed E-state index contributed by atoms with van der Waals surface area (Å²) >= 11 is 0. The maximum Gasteiger partial charge on any atom is 0.123 e. The van der Waals surface area contributed by atoms with Crippen LogP contribution in [0.15, 0.2) is 60.7 Å². The fourth-order valence-electron chi connectivity index (χ4n) is 5.76. The summed E-state index contributed by atoms with van der Waals surface area (Å²) in [6.45, 7) is 10.9. The van der Waals surface area contributed by atoms with E-state index in [1.165, 1.54) is 11.1 Å². The van der Waals surface area contributed by atoms with Crippen LogP contribution in [0.3, 0.4) is 0 Å². The van der Waals surface area contributed by atoms with Gasteiger partial charge < -0.3 is 20.8 Å². The van der Waals surface area contributed by atoms with Gasteiger partial charge in [0, 0.05) is 76.2 Å². The first kappa shape index (κ1) is 30.4. The van der Waals surface area contributed by atoms with E-state index >= 15 is 0 Å². The standard InChI is InChI=1S/C16H18NO.C15H16NO.2Y/c1-10-9-16(2,3)17-13-8-7-11-12(15(10)13)5-4-6-14(11)18;1-15(2)9-8-11-10-4-3-5-14(17)12(10)6-7-13(11)16-15;;/h4-8,10,18H,9H2,1-3H3;3-7,17H,8-9H2,1-2H3;;/q2*-1;;. The molecule has 37 heavy (non-hydrogen) atoms. The minimum Gasteiger partial charge on any atom is -0.679 e. The topological polar surface area (TPSA) is 68.7 Å². The molecule has 2 radical (unpaired) electrons. The van der Waals surface area contributed by atoms with Gasteiger partial charge in [-0.05, 0) is 35.2 Å². The molecule has 2 heterocycles. The van der Waals surface area contributed by atoms with Gasteiger partial charge in [0.25, 0.3) is 0 Å². The molecule has 4 aromatic carbocycles. The summed E-state index contributed by atoms with van der Waals surface area (Å²) in [6, 6.07) is 19.4. The average Bonchev–Trinajstić information content (AvgIpc) is 2.77. The zero-order valence-corrected chi connectivity index (χ0v) is 28.1. The van der Waals surface area contributed by atoms with Gasteiger partial charge >= 0.3 is 0 Å². The van der Waals surface area contributed by atoms with Crippen LogP contribution in [0.5, 0.6) is 11.5 Å². The van der Waals surface area contributed by atoms with E-state index in [2.05, 4.69) is 46.8 Å². The number of rotatable bonds is 0. The summed E-state index contributed by atoms with van der Waals surface area (Å²) in [4.78, 5) is 0. The summed E-state index contributed by atoms with van der Waals surface area (Å²) in [5.74, 6) is 1.18. The third kappa shape index (κ3) is 6.19. The fraction of sp³-hybridized carbons (Fsp3) is 0.355. The molecule has 2 aliphatic rings. The Hall–Kier alpha value is -1.19. The first-order valence-corrected chi connectivity index (χ1v) is 12.5. The summed E-state index contributed by atoms with van der Waals surface area (Å²) in [6.07, 6.45) is 3.15. The molecular formula is C31H34N2O2Y2-2. The van der Waals surface area contributed by atoms with Crippen molar-refractivity contribution < 1.29 is 75.6 Å². The zero-order chi connectivity index (χ0) is 25.0. The number of hydrogen-bond acceptors (Lipinski definition) is 2. The number of phenolic OH excluding ortho intramolecular Hbond substituents is 2. The first-order chi connectivity index (χ1) is 16.5. The zero-order valence-electron chi connectivity index (χ0n) is 22.4. The number of phenols is 2. The molecule has 0 fully saturated rings. The van der Waals surface area contributed by atoms with Crippen molar-refractivity contribution >= 4 is 32.9 Å². The van der Waals surface area contributed by atoms with Crippen LogP contribution in [0.2, 0.25) is 0 Å². The van der Waals surface area contributed by atoms with Crippen molar-refractivity contribution in [3.8, 4) is 11.5 Å². The molecule has 0 bridgehead atoms. The van der Waals surface area contributed by atoms with Crippen LogP contribution in [0, 0.1) is 0 Å². The van der Waals surface area contributed by atoms with Crippen molar-refractivity contribution in [3.05, 3.63) is 82.4 Å². The maximum absolute atomic E-state index is 9.93. The minimum absolute atomic E-state index is 0. The Morgan fingerprint density at radius 3 is 1.86 bits per heavy atom. The summed E-state index contributed by atoms with van der Waals surface area (Å²) < 4.78 is 0. The molecule has 0 saturated heterocycles. The number of aromatic hydroxyl groups is 2. The average molecular weight is 644 g/mol. The van der Waals surface area contributed by atoms with Crippen molar-refractivity contribution in [2.75, 3.05) is 0 Å². The second-order valence-corrected chi connectivity index (χ2v) is 11.3. The molecule has 188 valence electrons. The van der Waals surface area contributed by atoms with Crippen LogP contribution in [-0.2, 0) is 71.8 Å². The first-order valence-electron chi connectivity index (χ1n) is 12.5. The molecule has 0 aromatic heterocycles. The normalized spacial score (nSPS) is 18.5. The van der Waals surface area contributed by atoms with Gasteiger partial charge in [0.15, 0.2) is 0 Å². The Morgan fingerprint density at radius 1 is 0.676 bits per heavy atom. The Morgan fingerprint density at radius 2 is 1.22 bits per heavy atom. The molecule has 6 heteroatoms. The molecule has 6 rings (SSSR count). The molecule has 2 aliphatic heterocycles. The van der Waals surface area contributed by atoms with Gasteiger partial charge in [0.1, 0.15) is 11.5 Å². The van der Waals surface area contributed by atoms with E-state index in [1.807, 2.05) is 36.4 Å². The van der Waals surface area contributed by atoms with Crippen LogP contribution in [0.1, 0.15) is 64.5 Å². The number of nitrogens with zero attached hydrogens (tertiary/aromatic N) is 2. The number of fused-ring (bicyclic) bond motifs is 6. The summed E-state index contributed by atoms with van der Waals surface area (Å²) in [5, 5.41) is 33.5. The molecule has 0 aliphatic carbocycles. The van der Waals surface area contributed by atoms with Gasteiger partial charge in [-0.15, -0.1) is 22.5 Å². The predicted molar refractivity (Wildman–Crippen MR) is 147 cm³/mol. The van der Waals surface area contributed by atoms with Crippen molar-refractivity contribution in [3.63, 3.8) is 0 Å². The third-order valence-corrected chi connectivity index (χ3v) is 7.31. The summed E-state index contributed by atoms with van der Waals surface area (Å²) in [5.41, 5.74) is 4.77. The van der Waals surface area contributed by atoms with E-state index < -0.39 is 0 Å². The van der Waals surface area contributed by atoms with Crippen LogP contribution in [-0.4, -0.2) is 21.3 Å². The van der Waals surface area contributed by atoms with Crippen molar-refractivity contribution in [1.29, 1.82) is 0 Å². The van der Waals surface area contributed by atoms with E-state index in [9.17, 15) is 10.2 Å². The van der Waals surface area contributed by atoms with Crippen LogP contribution in [0.4, 0.5) is 11.4 Å². The van der Waals surface area contributed by atoms with E-state index in [0.29, 0.717) is 17.4 Å². The number of benzene rings is 4. The molecular weight excluding hydrogens is 610 g/mol. The van der Waals surface area contributed by atoms with Crippen molar-refractivity contribution in [2.24, 2.45) is 0 Å². The fourth-order valence-corrected chi connectivity index (χ4v) is 5.76. The monoisotopic (exact) mass is 644 g/mol. The molecule has 4 nitrogen and oxygen atoms in total. The minimum atomic E-state index is 0. The molecule has 4 aromatic rings. The van der Waals surface area contributed by atoms with Crippen LogP contribution < -0.4 is 0 Å². The Labute approximate surface area is 270 Å². The number of aryl methyl sites for hydroxylation is 1. The Balaban J connectivity index is 0.000000195. The molecule has 2 N–H and O–H groups in total. The maximum atomic E-state index is 9.93. The van der Waals surface area contributed by atoms with Crippen LogP contribution >= 0.6 is 0 Å². The van der Waals surface area contributed by atoms with Gasteiger partial charge in [0.05, 0.1) is 0 Å². The second kappa shape index (κ2) is 11.5. The molecule has 0 spiro atoms. The van der Waals surface area contributed by atoms with Gasteiger partial charge in [-0.2, -0.15) is 0 Å². The van der Waals surface area contributed by atoms with E-state index in [-0.39, 0.29) is 76.5 Å². The Bertz CT molecular complexity index is 1430. The van der Waals surface area contributed by atoms with E-state index in [4.69, 9.17) is 10.6 Å². The quantitative estimate of drug-likeness (QED) is 0.201. The van der Waals surface area contributed by atoms with Gasteiger partial charge in [-0.1, -0.05) is 107 Å². The van der Waals surface area contributed by atoms with E-state index in [0.717, 1.165) is 52.2 Å².